The van der Waals surface area contributed by atoms with E-state index in [1.54, 1.807) is 0 Å². The summed E-state index contributed by atoms with van der Waals surface area (Å²) in [5, 5.41) is 5.51. The first-order valence-electron chi connectivity index (χ1n) is 6.32. The monoisotopic (exact) mass is 240 g/mol. The first-order chi connectivity index (χ1) is 8.88. The number of nitrogens with zero attached hydrogens (tertiary/aromatic N) is 1. The van der Waals surface area contributed by atoms with Crippen LogP contribution in [0.2, 0.25) is 0 Å². The van der Waals surface area contributed by atoms with E-state index >= 15 is 0 Å². The first kappa shape index (κ1) is 11.2. The maximum atomic E-state index is 11.2. The number of benzene rings is 2. The van der Waals surface area contributed by atoms with E-state index in [2.05, 4.69) is 22.3 Å². The topological polar surface area (TPSA) is 32.3 Å². The molecule has 0 bridgehead atoms. The van der Waals surface area contributed by atoms with Crippen molar-refractivity contribution >= 4 is 22.7 Å². The highest BCUT2D eigenvalue weighted by molar-refractivity contribution is 6.00. The van der Waals surface area contributed by atoms with Gasteiger partial charge in [-0.1, -0.05) is 24.3 Å². The van der Waals surface area contributed by atoms with Crippen molar-refractivity contribution in [3.05, 3.63) is 42.0 Å². The molecule has 1 fully saturated rings. The molecule has 3 nitrogen and oxygen atoms in total. The normalized spacial score (nSPS) is 15.9. The Hall–Kier alpha value is -1.87. The average Bonchev–Trinajstić information content (AvgIpc) is 2.47. The third kappa shape index (κ3) is 1.97. The minimum absolute atomic E-state index is 0.779. The summed E-state index contributed by atoms with van der Waals surface area (Å²) in [5.41, 5.74) is 1.93. The van der Waals surface area contributed by atoms with Crippen LogP contribution in [-0.2, 0) is 0 Å². The van der Waals surface area contributed by atoms with Crippen molar-refractivity contribution in [2.24, 2.45) is 0 Å². The molecule has 1 saturated heterocycles. The van der Waals surface area contributed by atoms with E-state index < -0.39 is 0 Å². The molecule has 1 N–H and O–H groups in total. The van der Waals surface area contributed by atoms with Crippen LogP contribution in [-0.4, -0.2) is 32.5 Å². The molecule has 18 heavy (non-hydrogen) atoms. The Morgan fingerprint density at radius 2 is 1.89 bits per heavy atom. The number of carbonyl (C=O) groups is 1. The number of aldehydes is 1. The van der Waals surface area contributed by atoms with E-state index in [0.717, 1.165) is 54.5 Å². The Balaban J connectivity index is 2.09. The molecule has 0 radical (unpaired) electrons. The van der Waals surface area contributed by atoms with Crippen molar-refractivity contribution in [1.29, 1.82) is 0 Å². The van der Waals surface area contributed by atoms with Gasteiger partial charge in [0, 0.05) is 37.4 Å². The second-order valence-electron chi connectivity index (χ2n) is 4.61. The first-order valence-corrected chi connectivity index (χ1v) is 6.32. The molecule has 1 heterocycles. The molecule has 0 aliphatic carbocycles. The van der Waals surface area contributed by atoms with Crippen LogP contribution in [0.25, 0.3) is 10.8 Å². The van der Waals surface area contributed by atoms with E-state index in [0.29, 0.717) is 0 Å². The number of carbonyl (C=O) groups excluding carboxylic acids is 1. The molecular weight excluding hydrogens is 224 g/mol. The van der Waals surface area contributed by atoms with Crippen LogP contribution in [0.4, 0.5) is 5.69 Å². The van der Waals surface area contributed by atoms with Gasteiger partial charge < -0.3 is 10.2 Å². The number of piperazine rings is 1. The van der Waals surface area contributed by atoms with E-state index in [-0.39, 0.29) is 0 Å². The fraction of sp³-hybridized carbons (Fsp3) is 0.267. The molecule has 0 amide bonds. The van der Waals surface area contributed by atoms with Gasteiger partial charge in [-0.2, -0.15) is 0 Å². The summed E-state index contributed by atoms with van der Waals surface area (Å²) in [6.45, 7) is 4.00. The Morgan fingerprint density at radius 3 is 2.67 bits per heavy atom. The van der Waals surface area contributed by atoms with Gasteiger partial charge in [0.25, 0.3) is 0 Å². The summed E-state index contributed by atoms with van der Waals surface area (Å²) in [6, 6.07) is 12.2. The van der Waals surface area contributed by atoms with Crippen LogP contribution in [0.3, 0.4) is 0 Å². The maximum absolute atomic E-state index is 11.2. The largest absolute Gasteiger partial charge is 0.369 e. The Kier molecular flexibility index (Phi) is 2.99. The second kappa shape index (κ2) is 4.78. The summed E-state index contributed by atoms with van der Waals surface area (Å²) >= 11 is 0. The predicted molar refractivity (Wildman–Crippen MR) is 74.4 cm³/mol. The fourth-order valence-electron chi connectivity index (χ4n) is 2.53. The summed E-state index contributed by atoms with van der Waals surface area (Å²) in [4.78, 5) is 13.6. The van der Waals surface area contributed by atoms with Crippen LogP contribution < -0.4 is 10.2 Å². The molecule has 1 aliphatic rings. The zero-order chi connectivity index (χ0) is 12.4. The van der Waals surface area contributed by atoms with Crippen LogP contribution in [0.5, 0.6) is 0 Å². The summed E-state index contributed by atoms with van der Waals surface area (Å²) in [6.07, 6.45) is 0.952. The van der Waals surface area contributed by atoms with Crippen LogP contribution in [0.15, 0.2) is 36.4 Å². The minimum Gasteiger partial charge on any atom is -0.369 e. The number of hydrogen-bond donors (Lipinski definition) is 1. The standard InChI is InChI=1S/C15H16N2O/c18-11-13-10-14(17-7-5-16-6-8-17)9-12-3-1-2-4-15(12)13/h1-4,9-11,16H,5-8H2. The van der Waals surface area contributed by atoms with Gasteiger partial charge in [0.1, 0.15) is 0 Å². The number of hydrogen-bond acceptors (Lipinski definition) is 3. The minimum atomic E-state index is 0.779. The number of nitrogens with one attached hydrogen (secondary N) is 1. The Bertz CT molecular complexity index is 574. The molecule has 2 aromatic rings. The zero-order valence-corrected chi connectivity index (χ0v) is 10.2. The average molecular weight is 240 g/mol. The molecule has 0 aromatic heterocycles. The predicted octanol–water partition coefficient (Wildman–Crippen LogP) is 2.06. The fourth-order valence-corrected chi connectivity index (χ4v) is 2.53. The van der Waals surface area contributed by atoms with Crippen LogP contribution in [0, 0.1) is 0 Å². The summed E-state index contributed by atoms with van der Waals surface area (Å²) in [5.74, 6) is 0. The molecule has 3 rings (SSSR count). The molecule has 1 aliphatic heterocycles. The Labute approximate surface area is 106 Å². The van der Waals surface area contributed by atoms with Gasteiger partial charge >= 0.3 is 0 Å². The van der Waals surface area contributed by atoms with Gasteiger partial charge in [-0.25, -0.2) is 0 Å². The number of fused-ring (bicyclic) bond motifs is 1. The molecule has 0 atom stereocenters. The molecule has 3 heteroatoms. The second-order valence-corrected chi connectivity index (χ2v) is 4.61. The number of rotatable bonds is 2. The highest BCUT2D eigenvalue weighted by atomic mass is 16.1. The lowest BCUT2D eigenvalue weighted by atomic mass is 10.0. The third-order valence-electron chi connectivity index (χ3n) is 3.49. The van der Waals surface area contributed by atoms with Crippen LogP contribution >= 0.6 is 0 Å². The highest BCUT2D eigenvalue weighted by Gasteiger charge is 2.12. The van der Waals surface area contributed by atoms with Gasteiger partial charge in [0.15, 0.2) is 6.29 Å². The molecule has 0 saturated carbocycles. The lowest BCUT2D eigenvalue weighted by Crippen LogP contribution is -2.43. The van der Waals surface area contributed by atoms with Gasteiger partial charge in [-0.15, -0.1) is 0 Å². The molecule has 2 aromatic carbocycles. The molecular formula is C15H16N2O. The van der Waals surface area contributed by atoms with Gasteiger partial charge in [-0.3, -0.25) is 4.79 Å². The van der Waals surface area contributed by atoms with Crippen molar-refractivity contribution in [2.75, 3.05) is 31.1 Å². The van der Waals surface area contributed by atoms with Crippen molar-refractivity contribution < 1.29 is 4.79 Å². The molecule has 92 valence electrons. The smallest absolute Gasteiger partial charge is 0.150 e. The van der Waals surface area contributed by atoms with E-state index in [4.69, 9.17) is 0 Å². The third-order valence-corrected chi connectivity index (χ3v) is 3.49. The van der Waals surface area contributed by atoms with E-state index in [1.165, 1.54) is 0 Å². The molecule has 0 unspecified atom stereocenters. The maximum Gasteiger partial charge on any atom is 0.150 e. The van der Waals surface area contributed by atoms with Crippen molar-refractivity contribution in [1.82, 2.24) is 5.32 Å². The quantitative estimate of drug-likeness (QED) is 0.815. The van der Waals surface area contributed by atoms with E-state index in [1.807, 2.05) is 24.3 Å². The van der Waals surface area contributed by atoms with Gasteiger partial charge in [0.05, 0.1) is 0 Å². The van der Waals surface area contributed by atoms with Gasteiger partial charge in [0.2, 0.25) is 0 Å². The number of anilines is 1. The van der Waals surface area contributed by atoms with Crippen molar-refractivity contribution in [3.63, 3.8) is 0 Å². The summed E-state index contributed by atoms with van der Waals surface area (Å²) in [7, 11) is 0. The lowest BCUT2D eigenvalue weighted by Gasteiger charge is -2.30. The SMILES string of the molecule is O=Cc1cc(N2CCNCC2)cc2ccccc12. The highest BCUT2D eigenvalue weighted by Crippen LogP contribution is 2.25. The lowest BCUT2D eigenvalue weighted by molar-refractivity contribution is 0.112. The molecule has 0 spiro atoms. The van der Waals surface area contributed by atoms with Crippen molar-refractivity contribution in [2.45, 2.75) is 0 Å². The summed E-state index contributed by atoms with van der Waals surface area (Å²) < 4.78 is 0. The van der Waals surface area contributed by atoms with Gasteiger partial charge in [-0.05, 0) is 22.9 Å². The van der Waals surface area contributed by atoms with Crippen molar-refractivity contribution in [3.8, 4) is 0 Å². The Morgan fingerprint density at radius 1 is 1.11 bits per heavy atom. The zero-order valence-electron chi connectivity index (χ0n) is 10.2. The van der Waals surface area contributed by atoms with Crippen LogP contribution in [0.1, 0.15) is 10.4 Å². The van der Waals surface area contributed by atoms with E-state index in [9.17, 15) is 4.79 Å².